The predicted octanol–water partition coefficient (Wildman–Crippen LogP) is 4.66. The van der Waals surface area contributed by atoms with Crippen molar-refractivity contribution in [2.45, 2.75) is 37.8 Å². The van der Waals surface area contributed by atoms with Gasteiger partial charge >= 0.3 is 0 Å². The molecule has 2 aromatic carbocycles. The van der Waals surface area contributed by atoms with Gasteiger partial charge < -0.3 is 4.74 Å². The zero-order valence-electron chi connectivity index (χ0n) is 14.1. The first kappa shape index (κ1) is 16.6. The van der Waals surface area contributed by atoms with Crippen LogP contribution in [0.25, 0.3) is 5.69 Å². The third kappa shape index (κ3) is 3.79. The largest absolute Gasteiger partial charge is 0.485 e. The lowest BCUT2D eigenvalue weighted by Crippen LogP contribution is -2.07. The number of rotatable bonds is 6. The Morgan fingerprint density at radius 2 is 1.71 bits per heavy atom. The fourth-order valence-corrected chi connectivity index (χ4v) is 3.20. The minimum Gasteiger partial charge on any atom is -0.485 e. The molecule has 0 N–H and O–H groups in total. The first-order valence-electron chi connectivity index (χ1n) is 8.00. The number of aryl methyl sites for hydroxylation is 1. The van der Waals surface area contributed by atoms with Gasteiger partial charge in [0.1, 0.15) is 12.4 Å². The van der Waals surface area contributed by atoms with Crippen molar-refractivity contribution in [1.82, 2.24) is 14.8 Å². The highest BCUT2D eigenvalue weighted by atomic mass is 32.2. The van der Waals surface area contributed by atoms with Crippen LogP contribution in [-0.2, 0) is 6.61 Å². The highest BCUT2D eigenvalue weighted by molar-refractivity contribution is 7.99. The van der Waals surface area contributed by atoms with Crippen LogP contribution in [0.5, 0.6) is 5.75 Å². The molecule has 0 radical (unpaired) electrons. The molecular formula is C19H21N3OS. The molecule has 0 atom stereocenters. The van der Waals surface area contributed by atoms with E-state index < -0.39 is 0 Å². The van der Waals surface area contributed by atoms with Crippen molar-refractivity contribution in [3.8, 4) is 11.4 Å². The second-order valence-electron chi connectivity index (χ2n) is 5.79. The predicted molar refractivity (Wildman–Crippen MR) is 97.9 cm³/mol. The smallest absolute Gasteiger partial charge is 0.196 e. The van der Waals surface area contributed by atoms with Gasteiger partial charge in [0.25, 0.3) is 0 Å². The van der Waals surface area contributed by atoms with Crippen LogP contribution < -0.4 is 4.74 Å². The molecule has 0 aliphatic carbocycles. The van der Waals surface area contributed by atoms with E-state index in [-0.39, 0.29) is 0 Å². The number of ether oxygens (including phenoxy) is 1. The van der Waals surface area contributed by atoms with Gasteiger partial charge in [0.15, 0.2) is 11.0 Å². The van der Waals surface area contributed by atoms with Crippen LogP contribution in [0, 0.1) is 6.92 Å². The van der Waals surface area contributed by atoms with E-state index in [9.17, 15) is 0 Å². The molecule has 0 saturated heterocycles. The molecule has 1 aromatic heterocycles. The SMILES string of the molecule is Cc1ccccc1OCc1nnc(SC(C)C)n1-c1ccccc1. The molecule has 0 fully saturated rings. The fourth-order valence-electron chi connectivity index (χ4n) is 2.38. The maximum absolute atomic E-state index is 5.97. The molecule has 0 bridgehead atoms. The van der Waals surface area contributed by atoms with Crippen LogP contribution in [0.1, 0.15) is 25.2 Å². The molecule has 5 heteroatoms. The Kier molecular flexibility index (Phi) is 5.20. The number of aromatic nitrogens is 3. The number of hydrogen-bond donors (Lipinski definition) is 0. The molecular weight excluding hydrogens is 318 g/mol. The number of thioether (sulfide) groups is 1. The summed E-state index contributed by atoms with van der Waals surface area (Å²) in [6, 6.07) is 18.2. The maximum atomic E-state index is 5.97. The number of nitrogens with zero attached hydrogens (tertiary/aromatic N) is 3. The highest BCUT2D eigenvalue weighted by Crippen LogP contribution is 2.26. The molecule has 1 heterocycles. The topological polar surface area (TPSA) is 39.9 Å². The van der Waals surface area contributed by atoms with Crippen molar-refractivity contribution >= 4 is 11.8 Å². The monoisotopic (exact) mass is 339 g/mol. The Hall–Kier alpha value is -2.27. The van der Waals surface area contributed by atoms with Crippen LogP contribution >= 0.6 is 11.8 Å². The number of hydrogen-bond acceptors (Lipinski definition) is 4. The summed E-state index contributed by atoms with van der Waals surface area (Å²) < 4.78 is 8.04. The van der Waals surface area contributed by atoms with Gasteiger partial charge in [-0.3, -0.25) is 4.57 Å². The van der Waals surface area contributed by atoms with Crippen LogP contribution in [0.3, 0.4) is 0 Å². The Morgan fingerprint density at radius 1 is 1.00 bits per heavy atom. The summed E-state index contributed by atoms with van der Waals surface area (Å²) in [6.07, 6.45) is 0. The Balaban J connectivity index is 1.90. The van der Waals surface area contributed by atoms with Crippen LogP contribution in [0.2, 0.25) is 0 Å². The standard InChI is InChI=1S/C19H21N3OS/c1-14(2)24-19-21-20-18(22(19)16-10-5-4-6-11-16)13-23-17-12-8-7-9-15(17)3/h4-12,14H,13H2,1-3H3. The molecule has 0 amide bonds. The minimum atomic E-state index is 0.380. The van der Waals surface area contributed by atoms with Crippen molar-refractivity contribution in [1.29, 1.82) is 0 Å². The van der Waals surface area contributed by atoms with Gasteiger partial charge in [0.05, 0.1) is 0 Å². The van der Waals surface area contributed by atoms with E-state index in [1.807, 2.05) is 49.4 Å². The zero-order valence-corrected chi connectivity index (χ0v) is 15.0. The molecule has 24 heavy (non-hydrogen) atoms. The van der Waals surface area contributed by atoms with Crippen molar-refractivity contribution in [3.05, 3.63) is 66.0 Å². The quantitative estimate of drug-likeness (QED) is 0.613. The number of para-hydroxylation sites is 2. The highest BCUT2D eigenvalue weighted by Gasteiger charge is 2.16. The van der Waals surface area contributed by atoms with E-state index in [1.54, 1.807) is 11.8 Å². The van der Waals surface area contributed by atoms with Crippen molar-refractivity contribution in [2.24, 2.45) is 0 Å². The summed E-state index contributed by atoms with van der Waals surface area (Å²) in [5.41, 5.74) is 2.16. The summed E-state index contributed by atoms with van der Waals surface area (Å²) >= 11 is 1.70. The Bertz CT molecular complexity index is 799. The molecule has 0 aliphatic rings. The Labute approximate surface area is 146 Å². The summed E-state index contributed by atoms with van der Waals surface area (Å²) in [5, 5.41) is 10.0. The first-order chi connectivity index (χ1) is 11.6. The van der Waals surface area contributed by atoms with E-state index in [1.165, 1.54) is 0 Å². The van der Waals surface area contributed by atoms with Gasteiger partial charge in [-0.2, -0.15) is 0 Å². The third-order valence-corrected chi connectivity index (χ3v) is 4.45. The summed E-state index contributed by atoms with van der Waals surface area (Å²) in [5.74, 6) is 1.67. The second kappa shape index (κ2) is 7.53. The lowest BCUT2D eigenvalue weighted by atomic mass is 10.2. The van der Waals surface area contributed by atoms with Gasteiger partial charge in [0.2, 0.25) is 0 Å². The average Bonchev–Trinajstić information content (AvgIpc) is 2.97. The minimum absolute atomic E-state index is 0.380. The first-order valence-corrected chi connectivity index (χ1v) is 8.88. The van der Waals surface area contributed by atoms with E-state index in [0.717, 1.165) is 28.0 Å². The lowest BCUT2D eigenvalue weighted by molar-refractivity contribution is 0.291. The van der Waals surface area contributed by atoms with Crippen LogP contribution in [0.4, 0.5) is 0 Å². The number of benzene rings is 2. The van der Waals surface area contributed by atoms with E-state index in [0.29, 0.717) is 11.9 Å². The summed E-state index contributed by atoms with van der Waals surface area (Å²) in [7, 11) is 0. The zero-order chi connectivity index (χ0) is 16.9. The van der Waals surface area contributed by atoms with Crippen LogP contribution in [-0.4, -0.2) is 20.0 Å². The lowest BCUT2D eigenvalue weighted by Gasteiger charge is -2.12. The molecule has 3 aromatic rings. The van der Waals surface area contributed by atoms with E-state index in [2.05, 4.69) is 40.7 Å². The molecule has 124 valence electrons. The third-order valence-electron chi connectivity index (χ3n) is 3.51. The molecule has 0 unspecified atom stereocenters. The average molecular weight is 339 g/mol. The van der Waals surface area contributed by atoms with E-state index in [4.69, 9.17) is 4.74 Å². The molecule has 0 saturated carbocycles. The van der Waals surface area contributed by atoms with Crippen molar-refractivity contribution < 1.29 is 4.74 Å². The molecule has 4 nitrogen and oxygen atoms in total. The molecule has 0 aliphatic heterocycles. The summed E-state index contributed by atoms with van der Waals surface area (Å²) in [4.78, 5) is 0. The van der Waals surface area contributed by atoms with Crippen molar-refractivity contribution in [2.75, 3.05) is 0 Å². The summed E-state index contributed by atoms with van der Waals surface area (Å²) in [6.45, 7) is 6.72. The van der Waals surface area contributed by atoms with Gasteiger partial charge in [0, 0.05) is 10.9 Å². The van der Waals surface area contributed by atoms with Gasteiger partial charge in [-0.1, -0.05) is 62.0 Å². The Morgan fingerprint density at radius 3 is 2.42 bits per heavy atom. The maximum Gasteiger partial charge on any atom is 0.196 e. The van der Waals surface area contributed by atoms with Gasteiger partial charge in [-0.05, 0) is 30.7 Å². The second-order valence-corrected chi connectivity index (χ2v) is 7.33. The van der Waals surface area contributed by atoms with Gasteiger partial charge in [-0.25, -0.2) is 0 Å². The normalized spacial score (nSPS) is 11.0. The van der Waals surface area contributed by atoms with Crippen molar-refractivity contribution in [3.63, 3.8) is 0 Å². The van der Waals surface area contributed by atoms with E-state index >= 15 is 0 Å². The molecule has 3 rings (SSSR count). The van der Waals surface area contributed by atoms with Crippen LogP contribution in [0.15, 0.2) is 59.8 Å². The fraction of sp³-hybridized carbons (Fsp3) is 0.263. The molecule has 0 spiro atoms. The van der Waals surface area contributed by atoms with Gasteiger partial charge in [-0.15, -0.1) is 10.2 Å².